The number of rotatable bonds is 6. The Morgan fingerprint density at radius 3 is 2.22 bits per heavy atom. The number of sulfone groups is 1. The van der Waals surface area contributed by atoms with Gasteiger partial charge in [0.2, 0.25) is 0 Å². The number of hydrogen-bond acceptors (Lipinski definition) is 5. The summed E-state index contributed by atoms with van der Waals surface area (Å²) in [6.45, 7) is 1.37. The van der Waals surface area contributed by atoms with Gasteiger partial charge < -0.3 is 9.94 Å². The smallest absolute Gasteiger partial charge is 0.175 e. The first-order valence-electron chi connectivity index (χ1n) is 9.12. The fourth-order valence-corrected chi connectivity index (χ4v) is 4.22. The minimum atomic E-state index is -3.23. The molecule has 144 valence electrons. The molecular weight excluding hydrogens is 362 g/mol. The Morgan fingerprint density at radius 2 is 1.67 bits per heavy atom. The quantitative estimate of drug-likeness (QED) is 0.464. The lowest BCUT2D eigenvalue weighted by molar-refractivity contribution is 0.0814. The third kappa shape index (κ3) is 4.96. The summed E-state index contributed by atoms with van der Waals surface area (Å²) in [7, 11) is -3.23. The van der Waals surface area contributed by atoms with Gasteiger partial charge in [0, 0.05) is 37.7 Å². The van der Waals surface area contributed by atoms with Crippen molar-refractivity contribution in [3.63, 3.8) is 0 Å². The van der Waals surface area contributed by atoms with Gasteiger partial charge in [-0.2, -0.15) is 0 Å². The molecule has 0 spiro atoms. The maximum absolute atomic E-state index is 11.8. The molecule has 1 unspecified atom stereocenters. The fraction of sp³-hybridized carbons (Fsp3) is 0.381. The minimum Gasteiger partial charge on any atom is -0.411 e. The van der Waals surface area contributed by atoms with Crippen molar-refractivity contribution >= 4 is 15.5 Å². The van der Waals surface area contributed by atoms with Crippen LogP contribution in [0, 0.1) is 5.92 Å². The highest BCUT2D eigenvalue weighted by molar-refractivity contribution is 7.90. The van der Waals surface area contributed by atoms with Gasteiger partial charge in [-0.05, 0) is 36.1 Å². The zero-order valence-electron chi connectivity index (χ0n) is 15.4. The van der Waals surface area contributed by atoms with Crippen LogP contribution in [0.1, 0.15) is 36.3 Å². The number of hydrogen-bond donors (Lipinski definition) is 1. The molecule has 1 aliphatic rings. The van der Waals surface area contributed by atoms with Crippen molar-refractivity contribution in [3.8, 4) is 0 Å². The zero-order chi connectivity index (χ0) is 19.3. The van der Waals surface area contributed by atoms with Crippen molar-refractivity contribution in [3.05, 3.63) is 65.7 Å². The van der Waals surface area contributed by atoms with E-state index in [-0.39, 0.29) is 11.8 Å². The number of oxime groups is 1. The van der Waals surface area contributed by atoms with Crippen LogP contribution in [0.3, 0.4) is 0 Å². The average Bonchev–Trinajstić information content (AvgIpc) is 2.70. The normalized spacial score (nSPS) is 17.6. The molecule has 3 rings (SSSR count). The van der Waals surface area contributed by atoms with Gasteiger partial charge in [0.05, 0.1) is 10.6 Å². The van der Waals surface area contributed by atoms with E-state index in [1.54, 1.807) is 12.1 Å². The molecule has 0 bridgehead atoms. The number of ether oxygens (including phenoxy) is 1. The largest absolute Gasteiger partial charge is 0.411 e. The van der Waals surface area contributed by atoms with E-state index in [4.69, 9.17) is 4.74 Å². The van der Waals surface area contributed by atoms with Crippen molar-refractivity contribution in [1.29, 1.82) is 0 Å². The van der Waals surface area contributed by atoms with E-state index in [0.29, 0.717) is 24.5 Å². The summed E-state index contributed by atoms with van der Waals surface area (Å²) in [5.41, 5.74) is 2.89. The summed E-state index contributed by atoms with van der Waals surface area (Å²) in [6.07, 6.45) is 3.50. The molecule has 5 nitrogen and oxygen atoms in total. The first-order valence-corrected chi connectivity index (χ1v) is 11.0. The lowest BCUT2D eigenvalue weighted by Crippen LogP contribution is -2.25. The zero-order valence-corrected chi connectivity index (χ0v) is 16.2. The van der Waals surface area contributed by atoms with Crippen LogP contribution in [-0.4, -0.2) is 38.8 Å². The summed E-state index contributed by atoms with van der Waals surface area (Å²) >= 11 is 0. The van der Waals surface area contributed by atoms with Crippen LogP contribution in [-0.2, 0) is 14.6 Å². The van der Waals surface area contributed by atoms with Crippen molar-refractivity contribution in [2.45, 2.75) is 30.1 Å². The van der Waals surface area contributed by atoms with Gasteiger partial charge in [0.15, 0.2) is 9.84 Å². The van der Waals surface area contributed by atoms with Crippen LogP contribution in [0.2, 0.25) is 0 Å². The monoisotopic (exact) mass is 387 g/mol. The summed E-state index contributed by atoms with van der Waals surface area (Å²) in [4.78, 5) is 0.304. The second-order valence-electron chi connectivity index (χ2n) is 6.99. The summed E-state index contributed by atoms with van der Waals surface area (Å²) < 4.78 is 28.9. The second-order valence-corrected chi connectivity index (χ2v) is 9.00. The molecule has 0 aromatic heterocycles. The molecule has 1 atom stereocenters. The molecule has 0 aliphatic carbocycles. The third-order valence-electron chi connectivity index (χ3n) is 5.15. The Balaban J connectivity index is 1.92. The molecule has 2 aromatic carbocycles. The average molecular weight is 388 g/mol. The van der Waals surface area contributed by atoms with E-state index in [0.717, 1.165) is 29.7 Å². The van der Waals surface area contributed by atoms with Gasteiger partial charge in [0.25, 0.3) is 0 Å². The molecule has 1 fully saturated rings. The van der Waals surface area contributed by atoms with Crippen molar-refractivity contribution in [2.75, 3.05) is 19.5 Å². The van der Waals surface area contributed by atoms with E-state index >= 15 is 0 Å². The summed E-state index contributed by atoms with van der Waals surface area (Å²) in [5, 5.41) is 13.3. The molecule has 0 radical (unpaired) electrons. The van der Waals surface area contributed by atoms with Crippen molar-refractivity contribution < 1.29 is 18.4 Å². The predicted octanol–water partition coefficient (Wildman–Crippen LogP) is 3.87. The third-order valence-corrected chi connectivity index (χ3v) is 6.28. The van der Waals surface area contributed by atoms with Gasteiger partial charge in [-0.15, -0.1) is 0 Å². The molecule has 1 saturated heterocycles. The lowest BCUT2D eigenvalue weighted by atomic mass is 9.82. The van der Waals surface area contributed by atoms with E-state index in [9.17, 15) is 13.6 Å². The van der Waals surface area contributed by atoms with Gasteiger partial charge in [-0.3, -0.25) is 0 Å². The second kappa shape index (κ2) is 8.67. The van der Waals surface area contributed by atoms with E-state index in [2.05, 4.69) is 5.16 Å². The molecule has 27 heavy (non-hydrogen) atoms. The van der Waals surface area contributed by atoms with Crippen molar-refractivity contribution in [2.24, 2.45) is 11.1 Å². The lowest BCUT2D eigenvalue weighted by Gasteiger charge is -2.26. The van der Waals surface area contributed by atoms with Gasteiger partial charge >= 0.3 is 0 Å². The minimum absolute atomic E-state index is 0.00597. The maximum atomic E-state index is 11.8. The van der Waals surface area contributed by atoms with Crippen LogP contribution >= 0.6 is 0 Å². The molecule has 0 amide bonds. The Bertz CT molecular complexity index is 870. The molecule has 1 N–H and O–H groups in total. The first-order chi connectivity index (χ1) is 13.0. The molecule has 0 saturated carbocycles. The Hall–Kier alpha value is -2.18. The predicted molar refractivity (Wildman–Crippen MR) is 105 cm³/mol. The van der Waals surface area contributed by atoms with Crippen LogP contribution in [0.25, 0.3) is 0 Å². The molecule has 2 aromatic rings. The standard InChI is InChI=1S/C21H25NO4S/c1-27(24,25)19-9-7-17(8-10-19)20(16-5-3-2-4-6-16)15-21(22-23)18-11-13-26-14-12-18/h2-10,18,20,23H,11-15H2,1H3/b22-21-. The molecular formula is C21H25NO4S. The van der Waals surface area contributed by atoms with Gasteiger partial charge in [0.1, 0.15) is 0 Å². The topological polar surface area (TPSA) is 76.0 Å². The van der Waals surface area contributed by atoms with Crippen LogP contribution in [0.5, 0.6) is 0 Å². The van der Waals surface area contributed by atoms with Crippen LogP contribution in [0.4, 0.5) is 0 Å². The Kier molecular flexibility index (Phi) is 6.29. The van der Waals surface area contributed by atoms with Crippen LogP contribution in [0.15, 0.2) is 64.6 Å². The van der Waals surface area contributed by atoms with Gasteiger partial charge in [-0.1, -0.05) is 47.6 Å². The highest BCUT2D eigenvalue weighted by Crippen LogP contribution is 2.32. The Labute approximate surface area is 160 Å². The SMILES string of the molecule is CS(=O)(=O)c1ccc(C(C/C(=N/O)C2CCOCC2)c2ccccc2)cc1. The van der Waals surface area contributed by atoms with Crippen molar-refractivity contribution in [1.82, 2.24) is 0 Å². The first kappa shape index (κ1) is 19.6. The van der Waals surface area contributed by atoms with E-state index < -0.39 is 9.84 Å². The highest BCUT2D eigenvalue weighted by atomic mass is 32.2. The Morgan fingerprint density at radius 1 is 1.07 bits per heavy atom. The number of nitrogens with zero attached hydrogens (tertiary/aromatic N) is 1. The van der Waals surface area contributed by atoms with Gasteiger partial charge in [-0.25, -0.2) is 8.42 Å². The van der Waals surface area contributed by atoms with E-state index in [1.807, 2.05) is 42.5 Å². The maximum Gasteiger partial charge on any atom is 0.175 e. The van der Waals surface area contributed by atoms with Crippen LogP contribution < -0.4 is 0 Å². The highest BCUT2D eigenvalue weighted by Gasteiger charge is 2.25. The molecule has 1 aliphatic heterocycles. The fourth-order valence-electron chi connectivity index (χ4n) is 3.59. The molecule has 6 heteroatoms. The number of benzene rings is 2. The summed E-state index contributed by atoms with van der Waals surface area (Å²) in [6, 6.07) is 17.0. The molecule has 1 heterocycles. The van der Waals surface area contributed by atoms with E-state index in [1.165, 1.54) is 6.26 Å². The summed E-state index contributed by atoms with van der Waals surface area (Å²) in [5.74, 6) is 0.207.